The van der Waals surface area contributed by atoms with E-state index >= 15 is 0 Å². The van der Waals surface area contributed by atoms with Gasteiger partial charge in [0.2, 0.25) is 0 Å². The van der Waals surface area contributed by atoms with Crippen LogP contribution >= 0.6 is 0 Å². The van der Waals surface area contributed by atoms with E-state index in [2.05, 4.69) is 0 Å². The van der Waals surface area contributed by atoms with E-state index in [1.54, 1.807) is 24.3 Å². The number of esters is 1. The van der Waals surface area contributed by atoms with Gasteiger partial charge in [0, 0.05) is 23.0 Å². The van der Waals surface area contributed by atoms with E-state index in [-0.39, 0.29) is 52.6 Å². The van der Waals surface area contributed by atoms with Crippen LogP contribution in [0.2, 0.25) is 0 Å². The number of methoxy groups -OCH3 is 2. The molecule has 1 aliphatic heterocycles. The molecule has 214 valence electrons. The highest BCUT2D eigenvalue weighted by Gasteiger charge is 2.37. The van der Waals surface area contributed by atoms with Gasteiger partial charge >= 0.3 is 5.97 Å². The monoisotopic (exact) mass is 554 g/mol. The second-order valence-electron chi connectivity index (χ2n) is 9.93. The molecule has 4 rings (SSSR count). The zero-order valence-corrected chi connectivity index (χ0v) is 22.3. The topological polar surface area (TPSA) is 166 Å². The first-order valence-electron chi connectivity index (χ1n) is 12.8. The predicted molar refractivity (Wildman–Crippen MR) is 143 cm³/mol. The molecule has 0 saturated carbocycles. The Morgan fingerprint density at radius 3 is 2.27 bits per heavy atom. The Morgan fingerprint density at radius 2 is 1.60 bits per heavy atom. The molecular weight excluding hydrogens is 520 g/mol. The lowest BCUT2D eigenvalue weighted by molar-refractivity contribution is -0.141. The maximum absolute atomic E-state index is 12.7. The van der Waals surface area contributed by atoms with Crippen molar-refractivity contribution in [1.29, 1.82) is 0 Å². The Labute approximate surface area is 231 Å². The van der Waals surface area contributed by atoms with E-state index in [1.807, 2.05) is 0 Å². The van der Waals surface area contributed by atoms with Gasteiger partial charge in [0.15, 0.2) is 23.0 Å². The van der Waals surface area contributed by atoms with Crippen molar-refractivity contribution in [3.05, 3.63) is 76.3 Å². The van der Waals surface area contributed by atoms with Crippen LogP contribution in [-0.2, 0) is 29.0 Å². The summed E-state index contributed by atoms with van der Waals surface area (Å²) in [6, 6.07) is 12.5. The molecule has 3 aromatic rings. The average molecular weight is 555 g/mol. The van der Waals surface area contributed by atoms with Gasteiger partial charge in [-0.25, -0.2) is 0 Å². The van der Waals surface area contributed by atoms with Crippen LogP contribution in [0, 0.1) is 11.8 Å². The molecule has 0 radical (unpaired) electrons. The molecular formula is C30H34O10. The summed E-state index contributed by atoms with van der Waals surface area (Å²) in [5.41, 5.74) is 2.30. The highest BCUT2D eigenvalue weighted by molar-refractivity contribution is 5.75. The van der Waals surface area contributed by atoms with Crippen molar-refractivity contribution >= 4 is 5.97 Å². The molecule has 0 spiro atoms. The molecule has 1 saturated heterocycles. The van der Waals surface area contributed by atoms with Gasteiger partial charge in [-0.05, 0) is 59.9 Å². The van der Waals surface area contributed by atoms with E-state index in [4.69, 9.17) is 14.2 Å². The predicted octanol–water partition coefficient (Wildman–Crippen LogP) is 2.70. The van der Waals surface area contributed by atoms with E-state index < -0.39 is 31.2 Å². The second-order valence-corrected chi connectivity index (χ2v) is 9.93. The Kier molecular flexibility index (Phi) is 9.03. The van der Waals surface area contributed by atoms with Crippen molar-refractivity contribution in [2.45, 2.75) is 31.5 Å². The number of carbonyl (C=O) groups is 1. The zero-order chi connectivity index (χ0) is 29.0. The fourth-order valence-electron chi connectivity index (χ4n) is 5.22. The number of aliphatic hydroxyl groups is 3. The third-order valence-corrected chi connectivity index (χ3v) is 7.49. The Bertz CT molecular complexity index is 1350. The van der Waals surface area contributed by atoms with Crippen molar-refractivity contribution in [3.8, 4) is 28.7 Å². The number of carbonyl (C=O) groups excluding carboxylic acids is 1. The van der Waals surface area contributed by atoms with Gasteiger partial charge < -0.3 is 44.8 Å². The third kappa shape index (κ3) is 5.94. The first-order valence-corrected chi connectivity index (χ1v) is 12.8. The molecule has 40 heavy (non-hydrogen) atoms. The van der Waals surface area contributed by atoms with E-state index in [1.165, 1.54) is 38.5 Å². The number of rotatable bonds is 11. The van der Waals surface area contributed by atoms with E-state index in [0.717, 1.165) is 5.56 Å². The van der Waals surface area contributed by atoms with Gasteiger partial charge in [0.25, 0.3) is 0 Å². The highest BCUT2D eigenvalue weighted by Crippen LogP contribution is 2.43. The minimum Gasteiger partial charge on any atom is -0.508 e. The molecule has 3 aromatic carbocycles. The minimum atomic E-state index is -1.28. The highest BCUT2D eigenvalue weighted by atomic mass is 16.5. The quantitative estimate of drug-likeness (QED) is 0.194. The van der Waals surface area contributed by atoms with Crippen molar-refractivity contribution in [2.75, 3.05) is 27.4 Å². The molecule has 4 atom stereocenters. The maximum atomic E-state index is 12.7. The van der Waals surface area contributed by atoms with Gasteiger partial charge in [-0.3, -0.25) is 4.79 Å². The lowest BCUT2D eigenvalue weighted by Gasteiger charge is -2.25. The fourth-order valence-corrected chi connectivity index (χ4v) is 5.22. The molecule has 1 heterocycles. The van der Waals surface area contributed by atoms with Crippen molar-refractivity contribution in [1.82, 2.24) is 0 Å². The van der Waals surface area contributed by atoms with Crippen molar-refractivity contribution in [2.24, 2.45) is 11.8 Å². The number of hydrogen-bond acceptors (Lipinski definition) is 10. The van der Waals surface area contributed by atoms with Gasteiger partial charge in [-0.1, -0.05) is 18.2 Å². The Balaban J connectivity index is 1.63. The van der Waals surface area contributed by atoms with Crippen LogP contribution in [0.25, 0.3) is 0 Å². The van der Waals surface area contributed by atoms with Gasteiger partial charge in [-0.2, -0.15) is 0 Å². The van der Waals surface area contributed by atoms with Crippen molar-refractivity contribution in [3.63, 3.8) is 0 Å². The molecule has 10 heteroatoms. The third-order valence-electron chi connectivity index (χ3n) is 7.49. The summed E-state index contributed by atoms with van der Waals surface area (Å²) < 4.78 is 16.0. The van der Waals surface area contributed by atoms with Crippen LogP contribution in [-0.4, -0.2) is 64.0 Å². The lowest BCUT2D eigenvalue weighted by atomic mass is 9.83. The van der Waals surface area contributed by atoms with Crippen LogP contribution in [0.1, 0.15) is 39.8 Å². The number of hydrogen-bond donors (Lipinski definition) is 6. The summed E-state index contributed by atoms with van der Waals surface area (Å²) in [6.45, 7) is -0.765. The Hall–Kier alpha value is -3.99. The number of cyclic esters (lactones) is 1. The molecule has 0 amide bonds. The summed E-state index contributed by atoms with van der Waals surface area (Å²) >= 11 is 0. The maximum Gasteiger partial charge on any atom is 0.309 e. The van der Waals surface area contributed by atoms with Crippen LogP contribution < -0.4 is 9.47 Å². The fraction of sp³-hybridized carbons (Fsp3) is 0.367. The first-order chi connectivity index (χ1) is 19.2. The first kappa shape index (κ1) is 29.0. The standard InChI is InChI=1S/C30H34O10/c1-38-26-10-16(3-5-25(26)34)8-21-20(15-40-30(21)37)7-17-9-22(29(36)27(11-17)39-2)23(14-32)28(35)18-4-6-24(33)19(12-18)13-31/h3-6,9-12,20-21,23,28,31-36H,7-8,13-15H2,1-2H3. The van der Waals surface area contributed by atoms with Crippen LogP contribution in [0.3, 0.4) is 0 Å². The number of aliphatic hydroxyl groups excluding tert-OH is 3. The number of benzene rings is 3. The number of phenols is 3. The molecule has 6 N–H and O–H groups in total. The normalized spacial score (nSPS) is 18.3. The van der Waals surface area contributed by atoms with Gasteiger partial charge in [-0.15, -0.1) is 0 Å². The molecule has 4 unspecified atom stereocenters. The van der Waals surface area contributed by atoms with E-state index in [0.29, 0.717) is 29.7 Å². The Morgan fingerprint density at radius 1 is 0.900 bits per heavy atom. The van der Waals surface area contributed by atoms with E-state index in [9.17, 15) is 35.4 Å². The van der Waals surface area contributed by atoms with Crippen LogP contribution in [0.4, 0.5) is 0 Å². The molecule has 0 bridgehead atoms. The largest absolute Gasteiger partial charge is 0.508 e. The summed E-state index contributed by atoms with van der Waals surface area (Å²) in [6.07, 6.45) is -0.526. The second kappa shape index (κ2) is 12.5. The molecule has 0 aromatic heterocycles. The summed E-state index contributed by atoms with van der Waals surface area (Å²) in [5, 5.41) is 61.6. The minimum absolute atomic E-state index is 0.000954. The smallest absolute Gasteiger partial charge is 0.309 e. The van der Waals surface area contributed by atoms with Crippen molar-refractivity contribution < 1.29 is 49.6 Å². The van der Waals surface area contributed by atoms with Crippen LogP contribution in [0.15, 0.2) is 48.5 Å². The molecule has 1 aliphatic rings. The lowest BCUT2D eigenvalue weighted by Crippen LogP contribution is -2.21. The van der Waals surface area contributed by atoms with Gasteiger partial charge in [0.05, 0.1) is 46.1 Å². The summed E-state index contributed by atoms with van der Waals surface area (Å²) in [7, 11) is 2.84. The van der Waals surface area contributed by atoms with Gasteiger partial charge in [0.1, 0.15) is 5.75 Å². The molecule has 10 nitrogen and oxygen atoms in total. The summed E-state index contributed by atoms with van der Waals surface area (Å²) in [5.74, 6) is -1.89. The molecule has 0 aliphatic carbocycles. The zero-order valence-electron chi connectivity index (χ0n) is 22.3. The SMILES string of the molecule is COc1cc(CC2C(=O)OCC2Cc2cc(OC)c(O)c(C(CO)C(O)c3ccc(O)c(CO)c3)c2)ccc1O. The number of aromatic hydroxyl groups is 3. The molecule has 1 fully saturated rings. The average Bonchev–Trinajstić information content (AvgIpc) is 3.29. The number of phenolic OH excluding ortho intramolecular Hbond substituents is 2. The number of ether oxygens (including phenoxy) is 3. The summed E-state index contributed by atoms with van der Waals surface area (Å²) in [4.78, 5) is 12.7. The van der Waals surface area contributed by atoms with Crippen LogP contribution in [0.5, 0.6) is 28.7 Å².